The number of nitrogens with zero attached hydrogens (tertiary/aromatic N) is 5. The lowest BCUT2D eigenvalue weighted by molar-refractivity contribution is 0.0812. The number of piperidine rings is 1. The summed E-state index contributed by atoms with van der Waals surface area (Å²) in [5.74, 6) is 2.86. The molecule has 1 N–H and O–H groups in total. The van der Waals surface area contributed by atoms with Crippen molar-refractivity contribution < 1.29 is 14.4 Å². The van der Waals surface area contributed by atoms with E-state index in [1.165, 1.54) is 0 Å². The maximum Gasteiger partial charge on any atom is 0.227 e. The quantitative estimate of drug-likeness (QED) is 0.842. The van der Waals surface area contributed by atoms with Crippen LogP contribution in [-0.2, 0) is 11.2 Å². The van der Waals surface area contributed by atoms with Crippen molar-refractivity contribution in [2.75, 3.05) is 43.1 Å². The van der Waals surface area contributed by atoms with Crippen LogP contribution >= 0.6 is 0 Å². The number of rotatable bonds is 5. The number of ether oxygens (including phenoxy) is 1. The van der Waals surface area contributed by atoms with E-state index in [0.29, 0.717) is 5.92 Å². The van der Waals surface area contributed by atoms with Gasteiger partial charge in [-0.2, -0.15) is 4.98 Å². The van der Waals surface area contributed by atoms with Crippen LogP contribution in [0.25, 0.3) is 0 Å². The predicted molar refractivity (Wildman–Crippen MR) is 101 cm³/mol. The highest BCUT2D eigenvalue weighted by Crippen LogP contribution is 2.28. The minimum Gasteiger partial charge on any atom is -0.393 e. The number of aromatic nitrogens is 3. The van der Waals surface area contributed by atoms with Crippen molar-refractivity contribution in [3.05, 3.63) is 29.8 Å². The second-order valence-electron chi connectivity index (χ2n) is 7.51. The molecule has 8 heteroatoms. The molecule has 0 saturated carbocycles. The van der Waals surface area contributed by atoms with Gasteiger partial charge in [0.05, 0.1) is 17.9 Å². The van der Waals surface area contributed by atoms with Gasteiger partial charge in [-0.25, -0.2) is 4.98 Å². The molecule has 8 nitrogen and oxygen atoms in total. The first-order valence-electron chi connectivity index (χ1n) is 9.58. The van der Waals surface area contributed by atoms with Gasteiger partial charge in [0, 0.05) is 57.9 Å². The molecule has 0 radical (unpaired) electrons. The Bertz CT molecular complexity index is 759. The van der Waals surface area contributed by atoms with Crippen LogP contribution in [0.15, 0.2) is 22.9 Å². The van der Waals surface area contributed by atoms with E-state index in [-0.39, 0.29) is 12.2 Å². The van der Waals surface area contributed by atoms with E-state index in [2.05, 4.69) is 19.9 Å². The van der Waals surface area contributed by atoms with Gasteiger partial charge in [-0.05, 0) is 25.8 Å². The molecule has 27 heavy (non-hydrogen) atoms. The number of aryl methyl sites for hydroxylation is 1. The van der Waals surface area contributed by atoms with Crippen LogP contribution in [0.4, 0.5) is 11.8 Å². The molecule has 2 aromatic rings. The van der Waals surface area contributed by atoms with Crippen molar-refractivity contribution in [2.45, 2.75) is 38.4 Å². The third kappa shape index (κ3) is 4.06. The highest BCUT2D eigenvalue weighted by Gasteiger charge is 2.35. The zero-order valence-corrected chi connectivity index (χ0v) is 15.9. The lowest BCUT2D eigenvalue weighted by Crippen LogP contribution is -2.36. The molecule has 0 spiro atoms. The zero-order chi connectivity index (χ0) is 18.8. The Balaban J connectivity index is 1.46. The first-order chi connectivity index (χ1) is 13.1. The van der Waals surface area contributed by atoms with Crippen molar-refractivity contribution in [3.63, 3.8) is 0 Å². The molecule has 4 heterocycles. The minimum atomic E-state index is -0.191. The number of anilines is 2. The van der Waals surface area contributed by atoms with Crippen molar-refractivity contribution in [3.8, 4) is 0 Å². The van der Waals surface area contributed by atoms with Gasteiger partial charge in [-0.3, -0.25) is 0 Å². The molecule has 146 valence electrons. The van der Waals surface area contributed by atoms with Gasteiger partial charge in [0.15, 0.2) is 0 Å². The van der Waals surface area contributed by atoms with E-state index in [0.717, 1.165) is 68.7 Å². The van der Waals surface area contributed by atoms with E-state index in [1.807, 2.05) is 25.3 Å². The van der Waals surface area contributed by atoms with Gasteiger partial charge in [-0.15, -0.1) is 0 Å². The normalized spacial score (nSPS) is 24.0. The van der Waals surface area contributed by atoms with Gasteiger partial charge in [0.2, 0.25) is 5.95 Å². The SMILES string of the molecule is CO[C@H]1CN(c2nccc(N3CCC(O)CC3)n2)C[C@H]1Cc1cc(C)no1. The Morgan fingerprint density at radius 1 is 1.26 bits per heavy atom. The van der Waals surface area contributed by atoms with Gasteiger partial charge in [0.1, 0.15) is 11.6 Å². The van der Waals surface area contributed by atoms with Crippen LogP contribution in [0, 0.1) is 12.8 Å². The van der Waals surface area contributed by atoms with Crippen molar-refractivity contribution in [1.82, 2.24) is 15.1 Å². The summed E-state index contributed by atoms with van der Waals surface area (Å²) in [6.07, 6.45) is 4.09. The average Bonchev–Trinajstić information content (AvgIpc) is 3.28. The number of aliphatic hydroxyl groups is 1. The average molecular weight is 373 g/mol. The maximum absolute atomic E-state index is 9.72. The minimum absolute atomic E-state index is 0.104. The second-order valence-corrected chi connectivity index (χ2v) is 7.51. The van der Waals surface area contributed by atoms with E-state index < -0.39 is 0 Å². The molecule has 2 aliphatic heterocycles. The van der Waals surface area contributed by atoms with Crippen molar-refractivity contribution in [1.29, 1.82) is 0 Å². The fourth-order valence-corrected chi connectivity index (χ4v) is 4.00. The van der Waals surface area contributed by atoms with Crippen LogP contribution in [0.1, 0.15) is 24.3 Å². The zero-order valence-electron chi connectivity index (χ0n) is 15.9. The highest BCUT2D eigenvalue weighted by molar-refractivity contribution is 5.45. The molecular weight excluding hydrogens is 346 g/mol. The molecule has 2 aliphatic rings. The van der Waals surface area contributed by atoms with Crippen LogP contribution in [0.2, 0.25) is 0 Å². The van der Waals surface area contributed by atoms with Gasteiger partial charge >= 0.3 is 0 Å². The third-order valence-corrected chi connectivity index (χ3v) is 5.52. The molecule has 4 rings (SSSR count). The van der Waals surface area contributed by atoms with Gasteiger partial charge < -0.3 is 24.2 Å². The fraction of sp³-hybridized carbons (Fsp3) is 0.632. The van der Waals surface area contributed by atoms with Crippen LogP contribution < -0.4 is 9.80 Å². The van der Waals surface area contributed by atoms with E-state index in [9.17, 15) is 5.11 Å². The summed E-state index contributed by atoms with van der Waals surface area (Å²) in [5.41, 5.74) is 0.900. The molecule has 2 fully saturated rings. The van der Waals surface area contributed by atoms with E-state index >= 15 is 0 Å². The Kier molecular flexibility index (Phi) is 5.27. The molecule has 0 aliphatic carbocycles. The Morgan fingerprint density at radius 3 is 2.78 bits per heavy atom. The molecule has 2 aromatic heterocycles. The summed E-state index contributed by atoms with van der Waals surface area (Å²) < 4.78 is 11.1. The molecule has 0 unspecified atom stereocenters. The monoisotopic (exact) mass is 373 g/mol. The summed E-state index contributed by atoms with van der Waals surface area (Å²) in [4.78, 5) is 13.7. The second kappa shape index (κ2) is 7.82. The fourth-order valence-electron chi connectivity index (χ4n) is 4.00. The van der Waals surface area contributed by atoms with Gasteiger partial charge in [0.25, 0.3) is 0 Å². The lowest BCUT2D eigenvalue weighted by atomic mass is 10.0. The predicted octanol–water partition coefficient (Wildman–Crippen LogP) is 1.43. The number of aliphatic hydroxyl groups excluding tert-OH is 1. The van der Waals surface area contributed by atoms with Crippen molar-refractivity contribution >= 4 is 11.8 Å². The summed E-state index contributed by atoms with van der Waals surface area (Å²) in [6, 6.07) is 3.93. The smallest absolute Gasteiger partial charge is 0.227 e. The highest BCUT2D eigenvalue weighted by atomic mass is 16.5. The third-order valence-electron chi connectivity index (χ3n) is 5.52. The summed E-state index contributed by atoms with van der Waals surface area (Å²) in [5, 5.41) is 13.7. The Morgan fingerprint density at radius 2 is 2.07 bits per heavy atom. The first kappa shape index (κ1) is 18.2. The molecule has 0 amide bonds. The Hall–Kier alpha value is -2.19. The largest absolute Gasteiger partial charge is 0.393 e. The molecular formula is C19H27N5O3. The van der Waals surface area contributed by atoms with Crippen LogP contribution in [0.5, 0.6) is 0 Å². The summed E-state index contributed by atoms with van der Waals surface area (Å²) in [6.45, 7) is 5.16. The van der Waals surface area contributed by atoms with Gasteiger partial charge in [-0.1, -0.05) is 5.16 Å². The number of hydrogen-bond acceptors (Lipinski definition) is 8. The van der Waals surface area contributed by atoms with Crippen molar-refractivity contribution in [2.24, 2.45) is 5.92 Å². The summed E-state index contributed by atoms with van der Waals surface area (Å²) in [7, 11) is 1.75. The molecule has 2 saturated heterocycles. The van der Waals surface area contributed by atoms with E-state index in [4.69, 9.17) is 14.2 Å². The molecule has 0 bridgehead atoms. The summed E-state index contributed by atoms with van der Waals surface area (Å²) >= 11 is 0. The number of methoxy groups -OCH3 is 1. The molecule has 0 aromatic carbocycles. The van der Waals surface area contributed by atoms with E-state index in [1.54, 1.807) is 7.11 Å². The Labute approximate surface area is 159 Å². The first-order valence-corrected chi connectivity index (χ1v) is 9.58. The molecule has 2 atom stereocenters. The van der Waals surface area contributed by atoms with Crippen LogP contribution in [-0.4, -0.2) is 65.7 Å². The maximum atomic E-state index is 9.72. The van der Waals surface area contributed by atoms with Crippen LogP contribution in [0.3, 0.4) is 0 Å². The lowest BCUT2D eigenvalue weighted by Gasteiger charge is -2.31. The standard InChI is InChI=1S/C19H27N5O3/c1-13-9-16(27-22-13)10-14-11-24(12-17(14)26-2)19-20-6-3-18(21-19)23-7-4-15(25)5-8-23/h3,6,9,14-15,17,25H,4-5,7-8,10-12H2,1-2H3/t14-,17+/m1/s1. The number of hydrogen-bond donors (Lipinski definition) is 1. The topological polar surface area (TPSA) is 87.8 Å².